The Bertz CT molecular complexity index is 606. The summed E-state index contributed by atoms with van der Waals surface area (Å²) < 4.78 is 4.99. The Labute approximate surface area is 130 Å². The fourth-order valence-electron chi connectivity index (χ4n) is 2.35. The maximum atomic E-state index is 11.9. The number of carbonyl (C=O) groups excluding carboxylic acids is 2. The van der Waals surface area contributed by atoms with Gasteiger partial charge in [0.05, 0.1) is 12.6 Å². The average molecular weight is 303 g/mol. The van der Waals surface area contributed by atoms with Crippen molar-refractivity contribution in [3.63, 3.8) is 0 Å². The third kappa shape index (κ3) is 3.21. The number of hydrogen-bond acceptors (Lipinski definition) is 4. The Morgan fingerprint density at radius 1 is 1.27 bits per heavy atom. The number of amides is 2. The summed E-state index contributed by atoms with van der Waals surface area (Å²) >= 11 is 0. The summed E-state index contributed by atoms with van der Waals surface area (Å²) in [4.78, 5) is 25.8. The molecule has 0 aromatic heterocycles. The molecule has 1 heterocycles. The predicted octanol–water partition coefficient (Wildman–Crippen LogP) is 1.94. The second-order valence-electron chi connectivity index (χ2n) is 5.30. The Hall–Kier alpha value is -2.50. The van der Waals surface area contributed by atoms with E-state index in [-0.39, 0.29) is 18.3 Å². The van der Waals surface area contributed by atoms with Crippen molar-refractivity contribution in [2.24, 2.45) is 0 Å². The number of nitrogens with one attached hydrogen (secondary N) is 2. The van der Waals surface area contributed by atoms with Crippen molar-refractivity contribution in [3.05, 3.63) is 41.1 Å². The second-order valence-corrected chi connectivity index (χ2v) is 5.30. The minimum atomic E-state index is -0.509. The lowest BCUT2D eigenvalue weighted by molar-refractivity contribution is -0.139. The standard InChI is InChI=1S/C16H21N3O3/c1-5-22-15(20)14-10(2)13(17-16(21)18-14)11-6-8-12(9-7-11)19(3)4/h6-9,13H,5H2,1-4H3,(H2,17,18,21)/t13-/m0/s1. The van der Waals surface area contributed by atoms with E-state index >= 15 is 0 Å². The van der Waals surface area contributed by atoms with Crippen LogP contribution in [-0.4, -0.2) is 32.7 Å². The van der Waals surface area contributed by atoms with E-state index in [1.54, 1.807) is 6.92 Å². The van der Waals surface area contributed by atoms with Crippen molar-refractivity contribution in [1.82, 2.24) is 10.6 Å². The zero-order chi connectivity index (χ0) is 16.3. The van der Waals surface area contributed by atoms with Crippen molar-refractivity contribution >= 4 is 17.7 Å². The molecule has 2 amide bonds. The summed E-state index contributed by atoms with van der Waals surface area (Å²) in [5.74, 6) is -0.509. The first kappa shape index (κ1) is 15.9. The maximum absolute atomic E-state index is 11.9. The van der Waals surface area contributed by atoms with Crippen LogP contribution in [0.4, 0.5) is 10.5 Å². The molecule has 0 spiro atoms. The van der Waals surface area contributed by atoms with Gasteiger partial charge in [-0.15, -0.1) is 0 Å². The minimum Gasteiger partial charge on any atom is -0.461 e. The fraction of sp³-hybridized carbons (Fsp3) is 0.375. The first-order valence-electron chi connectivity index (χ1n) is 7.16. The Kier molecular flexibility index (Phi) is 4.70. The molecule has 0 unspecified atom stereocenters. The Morgan fingerprint density at radius 2 is 1.91 bits per heavy atom. The summed E-state index contributed by atoms with van der Waals surface area (Å²) in [6.45, 7) is 3.80. The minimum absolute atomic E-state index is 0.215. The van der Waals surface area contributed by atoms with E-state index in [1.807, 2.05) is 50.2 Å². The highest BCUT2D eigenvalue weighted by molar-refractivity contribution is 5.96. The van der Waals surface area contributed by atoms with E-state index in [2.05, 4.69) is 10.6 Å². The van der Waals surface area contributed by atoms with Crippen LogP contribution in [0.25, 0.3) is 0 Å². The van der Waals surface area contributed by atoms with E-state index in [0.29, 0.717) is 0 Å². The molecule has 0 radical (unpaired) electrons. The van der Waals surface area contributed by atoms with Crippen molar-refractivity contribution in [2.75, 3.05) is 25.6 Å². The number of esters is 1. The molecule has 1 aromatic carbocycles. The van der Waals surface area contributed by atoms with E-state index < -0.39 is 12.0 Å². The molecule has 0 saturated carbocycles. The number of rotatable bonds is 4. The van der Waals surface area contributed by atoms with Crippen LogP contribution in [-0.2, 0) is 9.53 Å². The SMILES string of the molecule is CCOC(=O)C1=C(C)[C@@H](c2ccc(N(C)C)cc2)NC(=O)N1. The van der Waals surface area contributed by atoms with E-state index in [4.69, 9.17) is 4.74 Å². The maximum Gasteiger partial charge on any atom is 0.354 e. The quantitative estimate of drug-likeness (QED) is 0.834. The molecular formula is C16H21N3O3. The van der Waals surface area contributed by atoms with Gasteiger partial charge in [-0.1, -0.05) is 12.1 Å². The van der Waals surface area contributed by atoms with Gasteiger partial charge < -0.3 is 20.3 Å². The third-order valence-corrected chi connectivity index (χ3v) is 3.56. The van der Waals surface area contributed by atoms with Crippen LogP contribution in [0, 0.1) is 0 Å². The first-order chi connectivity index (χ1) is 10.4. The number of urea groups is 1. The lowest BCUT2D eigenvalue weighted by Crippen LogP contribution is -2.45. The smallest absolute Gasteiger partial charge is 0.354 e. The second kappa shape index (κ2) is 6.51. The molecule has 0 saturated heterocycles. The molecule has 118 valence electrons. The van der Waals surface area contributed by atoms with E-state index in [9.17, 15) is 9.59 Å². The van der Waals surface area contributed by atoms with Gasteiger partial charge in [-0.2, -0.15) is 0 Å². The van der Waals surface area contributed by atoms with Gasteiger partial charge in [0.25, 0.3) is 0 Å². The number of carbonyl (C=O) groups is 2. The van der Waals surface area contributed by atoms with Crippen LogP contribution < -0.4 is 15.5 Å². The van der Waals surface area contributed by atoms with Crippen LogP contribution >= 0.6 is 0 Å². The summed E-state index contributed by atoms with van der Waals surface area (Å²) in [6, 6.07) is 7.08. The van der Waals surface area contributed by atoms with Gasteiger partial charge in [0, 0.05) is 19.8 Å². The van der Waals surface area contributed by atoms with Crippen LogP contribution in [0.3, 0.4) is 0 Å². The van der Waals surface area contributed by atoms with Gasteiger partial charge in [-0.25, -0.2) is 9.59 Å². The monoisotopic (exact) mass is 303 g/mol. The molecule has 2 rings (SSSR count). The fourth-order valence-corrected chi connectivity index (χ4v) is 2.35. The van der Waals surface area contributed by atoms with Crippen LogP contribution in [0.1, 0.15) is 25.5 Å². The average Bonchev–Trinajstić information content (AvgIpc) is 2.49. The zero-order valence-corrected chi connectivity index (χ0v) is 13.3. The largest absolute Gasteiger partial charge is 0.461 e. The molecule has 1 aliphatic rings. The van der Waals surface area contributed by atoms with Crippen LogP contribution in [0.5, 0.6) is 0 Å². The Morgan fingerprint density at radius 3 is 2.45 bits per heavy atom. The Balaban J connectivity index is 2.34. The zero-order valence-electron chi connectivity index (χ0n) is 13.3. The highest BCUT2D eigenvalue weighted by Crippen LogP contribution is 2.27. The van der Waals surface area contributed by atoms with Gasteiger partial charge >= 0.3 is 12.0 Å². The van der Waals surface area contributed by atoms with Crippen molar-refractivity contribution in [3.8, 4) is 0 Å². The molecular weight excluding hydrogens is 282 g/mol. The first-order valence-corrected chi connectivity index (χ1v) is 7.16. The van der Waals surface area contributed by atoms with Gasteiger partial charge in [0.15, 0.2) is 0 Å². The molecule has 0 fully saturated rings. The van der Waals surface area contributed by atoms with Crippen molar-refractivity contribution < 1.29 is 14.3 Å². The lowest BCUT2D eigenvalue weighted by atomic mass is 9.96. The molecule has 6 nitrogen and oxygen atoms in total. The third-order valence-electron chi connectivity index (χ3n) is 3.56. The molecule has 6 heteroatoms. The number of hydrogen-bond donors (Lipinski definition) is 2. The molecule has 1 aromatic rings. The molecule has 1 aliphatic heterocycles. The van der Waals surface area contributed by atoms with Gasteiger partial charge in [-0.05, 0) is 37.1 Å². The molecule has 2 N–H and O–H groups in total. The van der Waals surface area contributed by atoms with E-state index in [1.165, 1.54) is 0 Å². The number of ether oxygens (including phenoxy) is 1. The number of anilines is 1. The highest BCUT2D eigenvalue weighted by atomic mass is 16.5. The normalized spacial score (nSPS) is 17.6. The summed E-state index contributed by atoms with van der Waals surface area (Å²) in [6.07, 6.45) is 0. The topological polar surface area (TPSA) is 70.7 Å². The molecule has 22 heavy (non-hydrogen) atoms. The van der Waals surface area contributed by atoms with Crippen LogP contribution in [0.2, 0.25) is 0 Å². The van der Waals surface area contributed by atoms with Crippen molar-refractivity contribution in [1.29, 1.82) is 0 Å². The summed E-state index contributed by atoms with van der Waals surface area (Å²) in [7, 11) is 3.93. The number of benzene rings is 1. The predicted molar refractivity (Wildman–Crippen MR) is 84.5 cm³/mol. The van der Waals surface area contributed by atoms with Crippen molar-refractivity contribution in [2.45, 2.75) is 19.9 Å². The van der Waals surface area contributed by atoms with Crippen LogP contribution in [0.15, 0.2) is 35.5 Å². The highest BCUT2D eigenvalue weighted by Gasteiger charge is 2.29. The van der Waals surface area contributed by atoms with Gasteiger partial charge in [0.2, 0.25) is 0 Å². The van der Waals surface area contributed by atoms with Gasteiger partial charge in [0.1, 0.15) is 5.70 Å². The number of nitrogens with zero attached hydrogens (tertiary/aromatic N) is 1. The van der Waals surface area contributed by atoms with E-state index in [0.717, 1.165) is 16.8 Å². The summed E-state index contributed by atoms with van der Waals surface area (Å²) in [5, 5.41) is 5.36. The van der Waals surface area contributed by atoms with Gasteiger partial charge in [-0.3, -0.25) is 0 Å². The molecule has 1 atom stereocenters. The molecule has 0 bridgehead atoms. The lowest BCUT2D eigenvalue weighted by Gasteiger charge is -2.28. The molecule has 0 aliphatic carbocycles. The summed E-state index contributed by atoms with van der Waals surface area (Å²) in [5.41, 5.74) is 2.93.